The molecule has 9 nitrogen and oxygen atoms in total. The zero-order chi connectivity index (χ0) is 26.3. The fourth-order valence-electron chi connectivity index (χ4n) is 6.58. The number of fused-ring (bicyclic) bond motifs is 2. The van der Waals surface area contributed by atoms with Crippen LogP contribution in [-0.2, 0) is 19.2 Å². The molecule has 9 heteroatoms. The maximum atomic E-state index is 13.7. The van der Waals surface area contributed by atoms with Gasteiger partial charge in [0, 0.05) is 36.7 Å². The lowest BCUT2D eigenvalue weighted by atomic mass is 9.91. The first-order valence-corrected chi connectivity index (χ1v) is 13.1. The van der Waals surface area contributed by atoms with E-state index >= 15 is 0 Å². The molecule has 0 bridgehead atoms. The molecule has 3 aliphatic rings. The summed E-state index contributed by atoms with van der Waals surface area (Å²) in [7, 11) is 1.57. The number of ketones is 3. The summed E-state index contributed by atoms with van der Waals surface area (Å²) in [6.45, 7) is 1.64. The third kappa shape index (κ3) is 4.67. The number of rotatable bonds is 8. The largest absolute Gasteiger partial charge is 0.496 e. The molecule has 5 atom stereocenters. The molecular formula is C28H33N3O6. The maximum absolute atomic E-state index is 13.7. The normalized spacial score (nSPS) is 25.8. The lowest BCUT2D eigenvalue weighted by molar-refractivity contribution is -0.139. The Bertz CT molecular complexity index is 1270. The first kappa shape index (κ1) is 25.2. The van der Waals surface area contributed by atoms with Crippen LogP contribution in [0.15, 0.2) is 24.3 Å². The Hall–Kier alpha value is -3.49. The number of likely N-dealkylation sites (tertiary alicyclic amines) is 1. The van der Waals surface area contributed by atoms with E-state index in [-0.39, 0.29) is 35.9 Å². The van der Waals surface area contributed by atoms with E-state index in [4.69, 9.17) is 4.74 Å². The molecule has 0 spiro atoms. The van der Waals surface area contributed by atoms with E-state index in [0.717, 1.165) is 36.6 Å². The van der Waals surface area contributed by atoms with Crippen molar-refractivity contribution in [2.75, 3.05) is 13.7 Å². The number of methoxy groups -OCH3 is 1. The van der Waals surface area contributed by atoms with Crippen LogP contribution in [0.1, 0.15) is 62.4 Å². The van der Waals surface area contributed by atoms with Gasteiger partial charge in [0.05, 0.1) is 13.2 Å². The molecule has 1 aromatic heterocycles. The van der Waals surface area contributed by atoms with Gasteiger partial charge in [-0.15, -0.1) is 0 Å². The SMILES string of the molecule is COc1cccc2[nH]c(C(=O)N3CC4CCCC4C3C(=O)NC(CC3CCCC3=O)C(=O)C(C)=O)cc12. The van der Waals surface area contributed by atoms with Crippen molar-refractivity contribution in [3.63, 3.8) is 0 Å². The van der Waals surface area contributed by atoms with E-state index in [1.54, 1.807) is 18.1 Å². The van der Waals surface area contributed by atoms with Crippen LogP contribution >= 0.6 is 0 Å². The highest BCUT2D eigenvalue weighted by Crippen LogP contribution is 2.43. The molecule has 2 amide bonds. The van der Waals surface area contributed by atoms with Gasteiger partial charge in [0.15, 0.2) is 5.78 Å². The Morgan fingerprint density at radius 1 is 1.16 bits per heavy atom. The number of carbonyl (C=O) groups excluding carboxylic acids is 5. The standard InChI is InChI=1S/C28H33N3O6/c1-15(32)26(34)21(12-16-6-4-10-23(16)33)30-27(35)25-18-8-3-7-17(18)14-31(25)28(36)22-13-19-20(29-22)9-5-11-24(19)37-2/h5,9,11,13,16-18,21,25,29H,3-4,6-8,10,12,14H2,1-2H3,(H,30,35). The summed E-state index contributed by atoms with van der Waals surface area (Å²) < 4.78 is 5.42. The average molecular weight is 508 g/mol. The molecule has 196 valence electrons. The van der Waals surface area contributed by atoms with Gasteiger partial charge in [-0.3, -0.25) is 24.0 Å². The van der Waals surface area contributed by atoms with E-state index in [1.165, 1.54) is 6.92 Å². The van der Waals surface area contributed by atoms with Crippen molar-refractivity contribution in [2.45, 2.75) is 64.0 Å². The summed E-state index contributed by atoms with van der Waals surface area (Å²) >= 11 is 0. The monoisotopic (exact) mass is 507 g/mol. The van der Waals surface area contributed by atoms with Gasteiger partial charge in [0.1, 0.15) is 23.3 Å². The van der Waals surface area contributed by atoms with Gasteiger partial charge in [-0.1, -0.05) is 12.5 Å². The molecule has 2 aliphatic carbocycles. The highest BCUT2D eigenvalue weighted by atomic mass is 16.5. The molecule has 37 heavy (non-hydrogen) atoms. The van der Waals surface area contributed by atoms with Crippen molar-refractivity contribution < 1.29 is 28.7 Å². The van der Waals surface area contributed by atoms with Crippen molar-refractivity contribution in [1.29, 1.82) is 0 Å². The molecule has 2 N–H and O–H groups in total. The Labute approximate surface area is 215 Å². The first-order chi connectivity index (χ1) is 17.8. The van der Waals surface area contributed by atoms with Gasteiger partial charge < -0.3 is 19.9 Å². The summed E-state index contributed by atoms with van der Waals surface area (Å²) in [4.78, 5) is 69.1. The fraction of sp³-hybridized carbons (Fsp3) is 0.536. The number of H-pyrrole nitrogens is 1. The van der Waals surface area contributed by atoms with E-state index < -0.39 is 29.6 Å². The van der Waals surface area contributed by atoms with Crippen LogP contribution < -0.4 is 10.1 Å². The molecule has 5 unspecified atom stereocenters. The Morgan fingerprint density at radius 3 is 2.68 bits per heavy atom. The van der Waals surface area contributed by atoms with Crippen LogP contribution in [0, 0.1) is 17.8 Å². The molecule has 1 aromatic carbocycles. The fourth-order valence-corrected chi connectivity index (χ4v) is 6.58. The van der Waals surface area contributed by atoms with Crippen LogP contribution in [0.5, 0.6) is 5.75 Å². The van der Waals surface area contributed by atoms with Crippen molar-refractivity contribution in [2.24, 2.45) is 17.8 Å². The molecule has 0 radical (unpaired) electrons. The molecule has 3 fully saturated rings. The number of nitrogens with zero attached hydrogens (tertiary/aromatic N) is 1. The third-order valence-electron chi connectivity index (χ3n) is 8.43. The number of hydrogen-bond donors (Lipinski definition) is 2. The number of aromatic nitrogens is 1. The predicted octanol–water partition coefficient (Wildman–Crippen LogP) is 2.82. The van der Waals surface area contributed by atoms with Crippen LogP contribution in [0.2, 0.25) is 0 Å². The van der Waals surface area contributed by atoms with E-state index in [0.29, 0.717) is 30.8 Å². The molecular weight excluding hydrogens is 474 g/mol. The van der Waals surface area contributed by atoms with Crippen molar-refractivity contribution in [1.82, 2.24) is 15.2 Å². The van der Waals surface area contributed by atoms with Crippen molar-refractivity contribution in [3.05, 3.63) is 30.0 Å². The summed E-state index contributed by atoms with van der Waals surface area (Å²) in [5.41, 5.74) is 1.13. The number of aromatic amines is 1. The average Bonchev–Trinajstić information content (AvgIpc) is 3.66. The Kier molecular flexibility index (Phi) is 6.88. The van der Waals surface area contributed by atoms with Crippen LogP contribution in [0.3, 0.4) is 0 Å². The molecule has 2 aromatic rings. The molecule has 2 saturated carbocycles. The zero-order valence-electron chi connectivity index (χ0n) is 21.2. The van der Waals surface area contributed by atoms with Gasteiger partial charge in [0.2, 0.25) is 11.7 Å². The second kappa shape index (κ2) is 10.1. The number of carbonyl (C=O) groups is 5. The molecule has 5 rings (SSSR count). The number of ether oxygens (including phenoxy) is 1. The summed E-state index contributed by atoms with van der Waals surface area (Å²) in [6.07, 6.45) is 4.73. The highest BCUT2D eigenvalue weighted by Gasteiger charge is 2.50. The van der Waals surface area contributed by atoms with E-state index in [9.17, 15) is 24.0 Å². The smallest absolute Gasteiger partial charge is 0.271 e. The van der Waals surface area contributed by atoms with Gasteiger partial charge in [-0.25, -0.2) is 0 Å². The number of nitrogens with one attached hydrogen (secondary N) is 2. The minimum absolute atomic E-state index is 0.0101. The van der Waals surface area contributed by atoms with Gasteiger partial charge in [-0.2, -0.15) is 0 Å². The molecule has 2 heterocycles. The second-order valence-electron chi connectivity index (χ2n) is 10.6. The minimum Gasteiger partial charge on any atom is -0.496 e. The Balaban J connectivity index is 1.41. The quantitative estimate of drug-likeness (QED) is 0.529. The number of Topliss-reactive ketones (excluding diaryl/α,β-unsaturated/α-hetero) is 3. The summed E-state index contributed by atoms with van der Waals surface area (Å²) in [5, 5.41) is 3.58. The highest BCUT2D eigenvalue weighted by molar-refractivity contribution is 6.38. The third-order valence-corrected chi connectivity index (χ3v) is 8.43. The number of benzene rings is 1. The van der Waals surface area contributed by atoms with Crippen LogP contribution in [-0.4, -0.2) is 64.8 Å². The van der Waals surface area contributed by atoms with Crippen molar-refractivity contribution >= 4 is 40.1 Å². The molecule has 1 saturated heterocycles. The van der Waals surface area contributed by atoms with Gasteiger partial charge >= 0.3 is 0 Å². The topological polar surface area (TPSA) is 126 Å². The minimum atomic E-state index is -1.06. The summed E-state index contributed by atoms with van der Waals surface area (Å²) in [5.74, 6) is -1.49. The zero-order valence-corrected chi connectivity index (χ0v) is 21.2. The predicted molar refractivity (Wildman–Crippen MR) is 135 cm³/mol. The number of hydrogen-bond acceptors (Lipinski definition) is 6. The maximum Gasteiger partial charge on any atom is 0.271 e. The van der Waals surface area contributed by atoms with Gasteiger partial charge in [-0.05, 0) is 62.1 Å². The Morgan fingerprint density at radius 2 is 1.97 bits per heavy atom. The first-order valence-electron chi connectivity index (χ1n) is 13.1. The molecule has 1 aliphatic heterocycles. The van der Waals surface area contributed by atoms with Gasteiger partial charge in [0.25, 0.3) is 5.91 Å². The van der Waals surface area contributed by atoms with E-state index in [2.05, 4.69) is 10.3 Å². The van der Waals surface area contributed by atoms with Crippen molar-refractivity contribution in [3.8, 4) is 5.75 Å². The second-order valence-corrected chi connectivity index (χ2v) is 10.6. The van der Waals surface area contributed by atoms with Crippen LogP contribution in [0.4, 0.5) is 0 Å². The van der Waals surface area contributed by atoms with E-state index in [1.807, 2.05) is 18.2 Å². The lowest BCUT2D eigenvalue weighted by Gasteiger charge is -2.29. The number of amides is 2. The van der Waals surface area contributed by atoms with Crippen LogP contribution in [0.25, 0.3) is 10.9 Å². The summed E-state index contributed by atoms with van der Waals surface area (Å²) in [6, 6.07) is 5.46. The lowest BCUT2D eigenvalue weighted by Crippen LogP contribution is -2.54.